The normalized spacial score (nSPS) is 19.4. The smallest absolute Gasteiger partial charge is 0.267 e. The number of fused-ring (bicyclic) bond motifs is 1. The Morgan fingerprint density at radius 2 is 1.82 bits per heavy atom. The van der Waals surface area contributed by atoms with Crippen molar-refractivity contribution in [3.63, 3.8) is 0 Å². The summed E-state index contributed by atoms with van der Waals surface area (Å²) in [6.45, 7) is 0.869. The lowest BCUT2D eigenvalue weighted by Crippen LogP contribution is -2.24. The molecule has 0 aliphatic carbocycles. The summed E-state index contributed by atoms with van der Waals surface area (Å²) in [6.07, 6.45) is 0.938. The van der Waals surface area contributed by atoms with E-state index in [1.807, 2.05) is 36.4 Å². The van der Waals surface area contributed by atoms with E-state index in [1.54, 1.807) is 18.3 Å². The van der Waals surface area contributed by atoms with Gasteiger partial charge in [0.2, 0.25) is 0 Å². The molecule has 0 amide bonds. The highest BCUT2D eigenvalue weighted by Gasteiger charge is 2.31. The molecular formula is C19H15N5O3S. The van der Waals surface area contributed by atoms with E-state index in [0.717, 1.165) is 5.56 Å². The van der Waals surface area contributed by atoms with Gasteiger partial charge in [0.1, 0.15) is 27.3 Å². The Morgan fingerprint density at radius 1 is 1.04 bits per heavy atom. The molecule has 5 rings (SSSR count). The highest BCUT2D eigenvalue weighted by atomic mass is 32.2. The SMILES string of the molecule is O=c1c(C2OCCO2)c(SC2=NN=NC2c2ccccc2)nc2ccccn12. The Hall–Kier alpha value is -2.88. The lowest BCUT2D eigenvalue weighted by atomic mass is 10.1. The Balaban J connectivity index is 1.58. The van der Waals surface area contributed by atoms with Crippen LogP contribution in [-0.2, 0) is 9.47 Å². The lowest BCUT2D eigenvalue weighted by molar-refractivity contribution is -0.0475. The van der Waals surface area contributed by atoms with E-state index >= 15 is 0 Å². The lowest BCUT2D eigenvalue weighted by Gasteiger charge is -2.15. The third kappa shape index (κ3) is 3.03. The van der Waals surface area contributed by atoms with Gasteiger partial charge < -0.3 is 9.47 Å². The maximum absolute atomic E-state index is 13.1. The van der Waals surface area contributed by atoms with Crippen molar-refractivity contribution in [1.29, 1.82) is 0 Å². The number of thioether (sulfide) groups is 1. The van der Waals surface area contributed by atoms with E-state index in [2.05, 4.69) is 20.4 Å². The fraction of sp³-hybridized carbons (Fsp3) is 0.211. The van der Waals surface area contributed by atoms with E-state index in [-0.39, 0.29) is 11.6 Å². The standard InChI is InChI=1S/C19H15N5O3S/c25-18-14(19-26-10-11-27-19)16(20-13-8-4-5-9-24(13)18)28-17-15(21-23-22-17)12-6-2-1-3-7-12/h1-9,15,19H,10-11H2. The summed E-state index contributed by atoms with van der Waals surface area (Å²) in [4.78, 5) is 17.8. The second kappa shape index (κ2) is 7.27. The van der Waals surface area contributed by atoms with Gasteiger partial charge in [-0.05, 0) is 34.7 Å². The summed E-state index contributed by atoms with van der Waals surface area (Å²) in [7, 11) is 0. The first-order chi connectivity index (χ1) is 13.8. The highest BCUT2D eigenvalue weighted by molar-refractivity contribution is 8.14. The summed E-state index contributed by atoms with van der Waals surface area (Å²) >= 11 is 1.27. The Bertz CT molecular complexity index is 1140. The van der Waals surface area contributed by atoms with Crippen LogP contribution in [0.5, 0.6) is 0 Å². The van der Waals surface area contributed by atoms with Gasteiger partial charge in [-0.1, -0.05) is 36.4 Å². The predicted molar refractivity (Wildman–Crippen MR) is 103 cm³/mol. The molecule has 1 saturated heterocycles. The van der Waals surface area contributed by atoms with Crippen LogP contribution in [0.15, 0.2) is 80.0 Å². The number of hydrogen-bond acceptors (Lipinski definition) is 8. The molecule has 140 valence electrons. The average molecular weight is 393 g/mol. The van der Waals surface area contributed by atoms with Crippen LogP contribution in [0.3, 0.4) is 0 Å². The number of benzene rings is 1. The molecule has 0 radical (unpaired) electrons. The molecule has 4 heterocycles. The van der Waals surface area contributed by atoms with Crippen LogP contribution in [0, 0.1) is 0 Å². The van der Waals surface area contributed by atoms with E-state index in [0.29, 0.717) is 34.5 Å². The summed E-state index contributed by atoms with van der Waals surface area (Å²) in [5, 5.41) is 13.4. The van der Waals surface area contributed by atoms with Crippen molar-refractivity contribution < 1.29 is 9.47 Å². The molecule has 0 saturated carbocycles. The second-order valence-corrected chi connectivity index (χ2v) is 7.21. The molecule has 1 aromatic carbocycles. The average Bonchev–Trinajstić information content (AvgIpc) is 3.41. The van der Waals surface area contributed by atoms with Crippen molar-refractivity contribution in [1.82, 2.24) is 9.38 Å². The maximum Gasteiger partial charge on any atom is 0.267 e. The molecule has 0 bridgehead atoms. The minimum Gasteiger partial charge on any atom is -0.346 e. The van der Waals surface area contributed by atoms with Gasteiger partial charge in [-0.2, -0.15) is 5.11 Å². The first-order valence-corrected chi connectivity index (χ1v) is 9.58. The van der Waals surface area contributed by atoms with Crippen LogP contribution in [0.25, 0.3) is 5.65 Å². The summed E-state index contributed by atoms with van der Waals surface area (Å²) in [5.41, 5.74) is 1.67. The van der Waals surface area contributed by atoms with E-state index in [9.17, 15) is 4.79 Å². The molecule has 0 N–H and O–H groups in total. The third-order valence-electron chi connectivity index (χ3n) is 4.45. The second-order valence-electron chi connectivity index (χ2n) is 6.20. The molecule has 9 heteroatoms. The summed E-state index contributed by atoms with van der Waals surface area (Å²) < 4.78 is 12.7. The highest BCUT2D eigenvalue weighted by Crippen LogP contribution is 2.36. The molecule has 2 aliphatic heterocycles. The summed E-state index contributed by atoms with van der Waals surface area (Å²) in [6, 6.07) is 14.9. The van der Waals surface area contributed by atoms with Crippen LogP contribution >= 0.6 is 11.8 Å². The topological polar surface area (TPSA) is 89.9 Å². The van der Waals surface area contributed by atoms with Crippen LogP contribution in [0.1, 0.15) is 23.5 Å². The molecule has 8 nitrogen and oxygen atoms in total. The maximum atomic E-state index is 13.1. The zero-order valence-corrected chi connectivity index (χ0v) is 15.5. The minimum absolute atomic E-state index is 0.219. The van der Waals surface area contributed by atoms with Crippen LogP contribution < -0.4 is 5.56 Å². The number of aromatic nitrogens is 2. The van der Waals surface area contributed by atoms with Gasteiger partial charge in [0, 0.05) is 6.20 Å². The van der Waals surface area contributed by atoms with Crippen molar-refractivity contribution in [3.8, 4) is 0 Å². The molecule has 1 unspecified atom stereocenters. The molecule has 1 fully saturated rings. The van der Waals surface area contributed by atoms with Gasteiger partial charge in [0.15, 0.2) is 6.29 Å². The van der Waals surface area contributed by atoms with Gasteiger partial charge in [0.05, 0.1) is 13.2 Å². The van der Waals surface area contributed by atoms with E-state index < -0.39 is 6.29 Å². The predicted octanol–water partition coefficient (Wildman–Crippen LogP) is 3.35. The van der Waals surface area contributed by atoms with E-state index in [1.165, 1.54) is 16.2 Å². The van der Waals surface area contributed by atoms with Crippen LogP contribution in [-0.4, -0.2) is 27.6 Å². The van der Waals surface area contributed by atoms with Crippen molar-refractivity contribution in [3.05, 3.63) is 76.2 Å². The van der Waals surface area contributed by atoms with Crippen LogP contribution in [0.4, 0.5) is 0 Å². The number of pyridine rings is 1. The molecule has 28 heavy (non-hydrogen) atoms. The van der Waals surface area contributed by atoms with Crippen molar-refractivity contribution in [2.75, 3.05) is 13.2 Å². The van der Waals surface area contributed by atoms with Gasteiger partial charge >= 0.3 is 0 Å². The van der Waals surface area contributed by atoms with Gasteiger partial charge in [-0.3, -0.25) is 9.20 Å². The number of nitrogens with zero attached hydrogens (tertiary/aromatic N) is 5. The quantitative estimate of drug-likeness (QED) is 0.637. The Labute approximate surface area is 163 Å². The molecular weight excluding hydrogens is 378 g/mol. The number of hydrogen-bond donors (Lipinski definition) is 0. The summed E-state index contributed by atoms with van der Waals surface area (Å²) in [5.74, 6) is 0. The fourth-order valence-electron chi connectivity index (χ4n) is 3.13. The number of ether oxygens (including phenoxy) is 2. The number of rotatable bonds is 3. The first kappa shape index (κ1) is 17.2. The van der Waals surface area contributed by atoms with Crippen molar-refractivity contribution in [2.24, 2.45) is 15.4 Å². The van der Waals surface area contributed by atoms with Gasteiger partial charge in [0.25, 0.3) is 5.56 Å². The molecule has 2 aliphatic rings. The van der Waals surface area contributed by atoms with Gasteiger partial charge in [-0.15, -0.1) is 5.10 Å². The fourth-order valence-corrected chi connectivity index (χ4v) is 4.14. The molecule has 1 atom stereocenters. The zero-order valence-electron chi connectivity index (χ0n) is 14.6. The Morgan fingerprint density at radius 3 is 2.64 bits per heavy atom. The first-order valence-electron chi connectivity index (χ1n) is 8.76. The third-order valence-corrected chi connectivity index (χ3v) is 5.47. The van der Waals surface area contributed by atoms with E-state index in [4.69, 9.17) is 9.47 Å². The molecule has 2 aromatic heterocycles. The minimum atomic E-state index is -0.745. The molecule has 0 spiro atoms. The largest absolute Gasteiger partial charge is 0.346 e. The van der Waals surface area contributed by atoms with Crippen molar-refractivity contribution in [2.45, 2.75) is 17.4 Å². The van der Waals surface area contributed by atoms with Crippen molar-refractivity contribution >= 4 is 22.5 Å². The van der Waals surface area contributed by atoms with Gasteiger partial charge in [-0.25, -0.2) is 4.98 Å². The zero-order chi connectivity index (χ0) is 18.9. The Kier molecular flexibility index (Phi) is 4.47. The monoisotopic (exact) mass is 393 g/mol. The molecule has 3 aromatic rings. The van der Waals surface area contributed by atoms with Crippen LogP contribution in [0.2, 0.25) is 0 Å².